The van der Waals surface area contributed by atoms with Crippen molar-refractivity contribution in [1.82, 2.24) is 5.32 Å². The molecule has 0 radical (unpaired) electrons. The summed E-state index contributed by atoms with van der Waals surface area (Å²) in [6.07, 6.45) is 7.63. The Morgan fingerprint density at radius 2 is 1.45 bits per heavy atom. The largest absolute Gasteiger partial charge is 0.387 e. The van der Waals surface area contributed by atoms with Crippen LogP contribution in [0.1, 0.15) is 5.56 Å². The molecule has 2 aromatic carbocycles. The minimum atomic E-state index is 0.527. The lowest BCUT2D eigenvalue weighted by Gasteiger charge is -2.14. The van der Waals surface area contributed by atoms with E-state index in [1.807, 2.05) is 49.6 Å². The van der Waals surface area contributed by atoms with E-state index in [4.69, 9.17) is 5.41 Å². The summed E-state index contributed by atoms with van der Waals surface area (Å²) in [5.41, 5.74) is 5.91. The van der Waals surface area contributed by atoms with E-state index < -0.39 is 0 Å². The SMILES string of the molecule is CN/C(=C1/C=CC=CC1=N)c1ccc(-c2ccccc2)cc1. The second kappa shape index (κ2) is 6.27. The third-order valence-corrected chi connectivity index (χ3v) is 3.73. The number of benzene rings is 2. The molecule has 0 unspecified atom stereocenters. The predicted molar refractivity (Wildman–Crippen MR) is 93.9 cm³/mol. The van der Waals surface area contributed by atoms with Crippen LogP contribution in [-0.2, 0) is 0 Å². The highest BCUT2D eigenvalue weighted by Gasteiger charge is 2.10. The number of hydrogen-bond donors (Lipinski definition) is 2. The lowest BCUT2D eigenvalue weighted by molar-refractivity contribution is 1.12. The van der Waals surface area contributed by atoms with Crippen LogP contribution in [0, 0.1) is 5.41 Å². The Bertz CT molecular complexity index is 763. The lowest BCUT2D eigenvalue weighted by Crippen LogP contribution is -2.12. The third kappa shape index (κ3) is 2.77. The van der Waals surface area contributed by atoms with Gasteiger partial charge in [-0.2, -0.15) is 0 Å². The first-order valence-corrected chi connectivity index (χ1v) is 7.31. The maximum absolute atomic E-state index is 8.07. The molecule has 0 saturated heterocycles. The van der Waals surface area contributed by atoms with Crippen molar-refractivity contribution in [3.63, 3.8) is 0 Å². The van der Waals surface area contributed by atoms with Crippen molar-refractivity contribution >= 4 is 11.4 Å². The highest BCUT2D eigenvalue weighted by molar-refractivity contribution is 6.14. The fourth-order valence-electron chi connectivity index (χ4n) is 2.60. The van der Waals surface area contributed by atoms with E-state index in [0.29, 0.717) is 5.71 Å². The molecule has 0 amide bonds. The van der Waals surface area contributed by atoms with Crippen LogP contribution in [0.5, 0.6) is 0 Å². The smallest absolute Gasteiger partial charge is 0.0633 e. The van der Waals surface area contributed by atoms with E-state index >= 15 is 0 Å². The topological polar surface area (TPSA) is 35.9 Å². The Kier molecular flexibility index (Phi) is 4.01. The van der Waals surface area contributed by atoms with E-state index in [0.717, 1.165) is 16.8 Å². The van der Waals surface area contributed by atoms with Crippen molar-refractivity contribution in [3.05, 3.63) is 90.0 Å². The van der Waals surface area contributed by atoms with Crippen LogP contribution in [0.4, 0.5) is 0 Å². The molecule has 0 spiro atoms. The zero-order valence-electron chi connectivity index (χ0n) is 12.5. The summed E-state index contributed by atoms with van der Waals surface area (Å²) in [5.74, 6) is 0. The molecule has 0 aliphatic heterocycles. The Balaban J connectivity index is 1.98. The Hall–Kier alpha value is -2.87. The highest BCUT2D eigenvalue weighted by atomic mass is 14.8. The molecule has 0 bridgehead atoms. The van der Waals surface area contributed by atoms with Crippen molar-refractivity contribution in [2.24, 2.45) is 0 Å². The van der Waals surface area contributed by atoms with E-state index in [-0.39, 0.29) is 0 Å². The molecule has 1 aliphatic carbocycles. The van der Waals surface area contributed by atoms with Gasteiger partial charge < -0.3 is 10.7 Å². The van der Waals surface area contributed by atoms with E-state index in [1.165, 1.54) is 11.1 Å². The van der Waals surface area contributed by atoms with Crippen molar-refractivity contribution in [2.75, 3.05) is 7.05 Å². The van der Waals surface area contributed by atoms with Crippen molar-refractivity contribution in [1.29, 1.82) is 5.41 Å². The van der Waals surface area contributed by atoms with Gasteiger partial charge in [-0.25, -0.2) is 0 Å². The average Bonchev–Trinajstić information content (AvgIpc) is 2.59. The summed E-state index contributed by atoms with van der Waals surface area (Å²) in [6.45, 7) is 0. The maximum atomic E-state index is 8.07. The van der Waals surface area contributed by atoms with E-state index in [1.54, 1.807) is 0 Å². The number of nitrogens with one attached hydrogen (secondary N) is 2. The van der Waals surface area contributed by atoms with Gasteiger partial charge in [-0.05, 0) is 22.8 Å². The zero-order valence-corrected chi connectivity index (χ0v) is 12.5. The molecular weight excluding hydrogens is 268 g/mol. The van der Waals surface area contributed by atoms with Crippen LogP contribution in [0.3, 0.4) is 0 Å². The predicted octanol–water partition coefficient (Wildman–Crippen LogP) is 4.43. The number of rotatable bonds is 3. The van der Waals surface area contributed by atoms with Gasteiger partial charge in [-0.1, -0.05) is 72.8 Å². The molecule has 1 aliphatic rings. The molecule has 2 nitrogen and oxygen atoms in total. The van der Waals surface area contributed by atoms with Crippen LogP contribution < -0.4 is 5.32 Å². The van der Waals surface area contributed by atoms with Gasteiger partial charge in [0, 0.05) is 12.6 Å². The first-order valence-electron chi connectivity index (χ1n) is 7.31. The van der Waals surface area contributed by atoms with Crippen molar-refractivity contribution < 1.29 is 0 Å². The van der Waals surface area contributed by atoms with E-state index in [2.05, 4.69) is 41.7 Å². The second-order valence-electron chi connectivity index (χ2n) is 5.11. The normalized spacial score (nSPS) is 15.8. The summed E-state index contributed by atoms with van der Waals surface area (Å²) in [4.78, 5) is 0. The second-order valence-corrected chi connectivity index (χ2v) is 5.11. The van der Waals surface area contributed by atoms with Crippen LogP contribution in [0.25, 0.3) is 16.8 Å². The molecule has 2 heteroatoms. The highest BCUT2D eigenvalue weighted by Crippen LogP contribution is 2.24. The van der Waals surface area contributed by atoms with Crippen LogP contribution in [0.2, 0.25) is 0 Å². The minimum absolute atomic E-state index is 0.527. The fourth-order valence-corrected chi connectivity index (χ4v) is 2.60. The third-order valence-electron chi connectivity index (χ3n) is 3.73. The summed E-state index contributed by atoms with van der Waals surface area (Å²) >= 11 is 0. The van der Waals surface area contributed by atoms with Gasteiger partial charge in [0.1, 0.15) is 0 Å². The van der Waals surface area contributed by atoms with Crippen LogP contribution in [0.15, 0.2) is 84.5 Å². The summed E-state index contributed by atoms with van der Waals surface area (Å²) in [6, 6.07) is 18.8. The minimum Gasteiger partial charge on any atom is -0.387 e. The Labute approximate surface area is 131 Å². The standard InChI is InChI=1S/C20H18N2/c1-22-20(18-9-5-6-10-19(18)21)17-13-11-16(12-14-17)15-7-3-2-4-8-15/h2-14,21-22H,1H3/b20-18-,21-19?. The van der Waals surface area contributed by atoms with E-state index in [9.17, 15) is 0 Å². The van der Waals surface area contributed by atoms with Gasteiger partial charge in [0.2, 0.25) is 0 Å². The molecular formula is C20H18N2. The fraction of sp³-hybridized carbons (Fsp3) is 0.0500. The Morgan fingerprint density at radius 3 is 2.09 bits per heavy atom. The van der Waals surface area contributed by atoms with Gasteiger partial charge in [0.15, 0.2) is 0 Å². The summed E-state index contributed by atoms with van der Waals surface area (Å²) in [7, 11) is 1.90. The molecule has 0 aromatic heterocycles. The van der Waals surface area contributed by atoms with Gasteiger partial charge in [0.25, 0.3) is 0 Å². The zero-order chi connectivity index (χ0) is 15.4. The average molecular weight is 286 g/mol. The van der Waals surface area contributed by atoms with Crippen molar-refractivity contribution in [2.45, 2.75) is 0 Å². The summed E-state index contributed by atoms with van der Waals surface area (Å²) in [5, 5.41) is 11.3. The molecule has 22 heavy (non-hydrogen) atoms. The first kappa shape index (κ1) is 14.1. The van der Waals surface area contributed by atoms with Crippen molar-refractivity contribution in [3.8, 4) is 11.1 Å². The van der Waals surface area contributed by atoms with Gasteiger partial charge >= 0.3 is 0 Å². The molecule has 0 atom stereocenters. The Morgan fingerprint density at radius 1 is 0.818 bits per heavy atom. The molecule has 0 fully saturated rings. The van der Waals surface area contributed by atoms with Gasteiger partial charge in [-0.15, -0.1) is 0 Å². The lowest BCUT2D eigenvalue weighted by atomic mass is 9.97. The summed E-state index contributed by atoms with van der Waals surface area (Å²) < 4.78 is 0. The molecule has 0 heterocycles. The monoisotopic (exact) mass is 286 g/mol. The van der Waals surface area contributed by atoms with Gasteiger partial charge in [-0.3, -0.25) is 0 Å². The number of hydrogen-bond acceptors (Lipinski definition) is 2. The molecule has 0 saturated carbocycles. The quantitative estimate of drug-likeness (QED) is 0.860. The first-order chi connectivity index (χ1) is 10.8. The molecule has 3 rings (SSSR count). The maximum Gasteiger partial charge on any atom is 0.0633 e. The molecule has 2 N–H and O–H groups in total. The van der Waals surface area contributed by atoms with Crippen LogP contribution in [-0.4, -0.2) is 12.8 Å². The van der Waals surface area contributed by atoms with Gasteiger partial charge in [0.05, 0.1) is 11.4 Å². The number of allylic oxidation sites excluding steroid dienone is 5. The van der Waals surface area contributed by atoms with Crippen LogP contribution >= 0.6 is 0 Å². The molecule has 108 valence electrons. The molecule has 2 aromatic rings.